The first-order chi connectivity index (χ1) is 12.9. The summed E-state index contributed by atoms with van der Waals surface area (Å²) in [6, 6.07) is 10.1. The number of nitrogens with one attached hydrogen (secondary N) is 2. The lowest BCUT2D eigenvalue weighted by Crippen LogP contribution is -2.43. The van der Waals surface area contributed by atoms with Crippen LogP contribution in [0.3, 0.4) is 0 Å². The fourth-order valence-corrected chi connectivity index (χ4v) is 3.41. The highest BCUT2D eigenvalue weighted by Gasteiger charge is 2.32. The van der Waals surface area contributed by atoms with Crippen LogP contribution in [0.2, 0.25) is 10.0 Å². The summed E-state index contributed by atoms with van der Waals surface area (Å²) in [5.74, 6) is -0.971. The van der Waals surface area contributed by atoms with Crippen molar-refractivity contribution in [3.05, 3.63) is 58.3 Å². The van der Waals surface area contributed by atoms with E-state index in [-0.39, 0.29) is 18.4 Å². The van der Waals surface area contributed by atoms with E-state index in [0.717, 1.165) is 6.42 Å². The molecule has 1 aliphatic rings. The van der Waals surface area contributed by atoms with Crippen LogP contribution in [0.1, 0.15) is 12.8 Å². The van der Waals surface area contributed by atoms with Crippen LogP contribution >= 0.6 is 23.2 Å². The quantitative estimate of drug-likeness (QED) is 0.778. The molecule has 5 nitrogen and oxygen atoms in total. The van der Waals surface area contributed by atoms with Gasteiger partial charge in [0.05, 0.1) is 23.3 Å². The maximum atomic E-state index is 13.2. The van der Waals surface area contributed by atoms with Crippen LogP contribution in [0.4, 0.5) is 15.8 Å². The molecule has 8 heteroatoms. The Morgan fingerprint density at radius 1 is 1.15 bits per heavy atom. The number of likely N-dealkylation sites (tertiary alicyclic amines) is 1. The van der Waals surface area contributed by atoms with E-state index in [1.807, 2.05) is 0 Å². The Hall–Kier alpha value is -2.15. The van der Waals surface area contributed by atoms with Crippen LogP contribution in [-0.2, 0) is 9.59 Å². The number of anilines is 2. The highest BCUT2D eigenvalue weighted by molar-refractivity contribution is 6.35. The molecule has 0 saturated carbocycles. The summed E-state index contributed by atoms with van der Waals surface area (Å²) < 4.78 is 13.2. The minimum atomic E-state index is -0.446. The van der Waals surface area contributed by atoms with Gasteiger partial charge in [-0.3, -0.25) is 14.5 Å². The fraction of sp³-hybridized carbons (Fsp3) is 0.263. The Balaban J connectivity index is 1.61. The monoisotopic (exact) mass is 409 g/mol. The second-order valence-corrected chi connectivity index (χ2v) is 7.14. The first kappa shape index (κ1) is 19.6. The smallest absolute Gasteiger partial charge is 0.241 e. The number of rotatable bonds is 5. The van der Waals surface area contributed by atoms with Gasteiger partial charge in [0.2, 0.25) is 11.8 Å². The summed E-state index contributed by atoms with van der Waals surface area (Å²) in [4.78, 5) is 26.7. The van der Waals surface area contributed by atoms with Crippen LogP contribution in [0, 0.1) is 5.82 Å². The van der Waals surface area contributed by atoms with E-state index in [1.165, 1.54) is 18.2 Å². The zero-order chi connectivity index (χ0) is 19.4. The summed E-state index contributed by atoms with van der Waals surface area (Å²) in [6.07, 6.45) is 1.44. The Morgan fingerprint density at radius 3 is 2.74 bits per heavy atom. The maximum Gasteiger partial charge on any atom is 0.241 e. The molecule has 0 spiro atoms. The van der Waals surface area contributed by atoms with E-state index in [1.54, 1.807) is 29.2 Å². The van der Waals surface area contributed by atoms with Gasteiger partial charge >= 0.3 is 0 Å². The molecule has 0 unspecified atom stereocenters. The van der Waals surface area contributed by atoms with Crippen LogP contribution in [-0.4, -0.2) is 35.8 Å². The van der Waals surface area contributed by atoms with Crippen LogP contribution in [0.5, 0.6) is 0 Å². The van der Waals surface area contributed by atoms with Crippen LogP contribution < -0.4 is 10.6 Å². The van der Waals surface area contributed by atoms with E-state index in [9.17, 15) is 14.0 Å². The Kier molecular flexibility index (Phi) is 6.31. The number of carbonyl (C=O) groups is 2. The Labute approximate surface area is 166 Å². The molecule has 1 aliphatic heterocycles. The average Bonchev–Trinajstić information content (AvgIpc) is 3.06. The lowest BCUT2D eigenvalue weighted by Gasteiger charge is -2.23. The molecule has 142 valence electrons. The topological polar surface area (TPSA) is 61.4 Å². The van der Waals surface area contributed by atoms with Crippen molar-refractivity contribution in [1.29, 1.82) is 0 Å². The molecule has 0 aliphatic carbocycles. The number of carbonyl (C=O) groups excluding carboxylic acids is 2. The molecular formula is C19H18Cl2FN3O2. The summed E-state index contributed by atoms with van der Waals surface area (Å²) in [5.41, 5.74) is 0.816. The molecule has 0 aromatic heterocycles. The third-order valence-electron chi connectivity index (χ3n) is 4.31. The predicted octanol–water partition coefficient (Wildman–Crippen LogP) is 4.17. The molecule has 2 aromatic carbocycles. The SMILES string of the molecule is O=C(CN1CCC[C@@H]1C(=O)Nc1cc(Cl)ccc1Cl)Nc1cccc(F)c1. The van der Waals surface area contributed by atoms with Gasteiger partial charge < -0.3 is 10.6 Å². The van der Waals surface area contributed by atoms with Crippen LogP contribution in [0.15, 0.2) is 42.5 Å². The number of nitrogens with zero attached hydrogens (tertiary/aromatic N) is 1. The average molecular weight is 410 g/mol. The lowest BCUT2D eigenvalue weighted by molar-refractivity contribution is -0.122. The maximum absolute atomic E-state index is 13.2. The molecule has 1 heterocycles. The lowest BCUT2D eigenvalue weighted by atomic mass is 10.2. The molecule has 1 saturated heterocycles. The van der Waals surface area contributed by atoms with Crippen molar-refractivity contribution in [2.75, 3.05) is 23.7 Å². The van der Waals surface area contributed by atoms with Gasteiger partial charge in [-0.15, -0.1) is 0 Å². The summed E-state index contributed by atoms with van der Waals surface area (Å²) in [5, 5.41) is 6.27. The van der Waals surface area contributed by atoms with Gasteiger partial charge in [0.1, 0.15) is 5.82 Å². The molecule has 0 radical (unpaired) electrons. The first-order valence-corrected chi connectivity index (χ1v) is 9.23. The molecule has 1 fully saturated rings. The second kappa shape index (κ2) is 8.69. The van der Waals surface area contributed by atoms with Gasteiger partial charge in [-0.25, -0.2) is 4.39 Å². The predicted molar refractivity (Wildman–Crippen MR) is 105 cm³/mol. The third kappa shape index (κ3) is 5.19. The van der Waals surface area contributed by atoms with E-state index >= 15 is 0 Å². The number of amides is 2. The van der Waals surface area contributed by atoms with Crippen molar-refractivity contribution >= 4 is 46.4 Å². The van der Waals surface area contributed by atoms with Crippen molar-refractivity contribution in [2.45, 2.75) is 18.9 Å². The minimum Gasteiger partial charge on any atom is -0.325 e. The van der Waals surface area contributed by atoms with Gasteiger partial charge in [-0.1, -0.05) is 29.3 Å². The number of benzene rings is 2. The molecule has 2 aromatic rings. The normalized spacial score (nSPS) is 16.9. The van der Waals surface area contributed by atoms with Crippen molar-refractivity contribution in [3.63, 3.8) is 0 Å². The van der Waals surface area contributed by atoms with E-state index in [0.29, 0.717) is 34.4 Å². The summed E-state index contributed by atoms with van der Waals surface area (Å²) in [7, 11) is 0. The van der Waals surface area contributed by atoms with Crippen molar-refractivity contribution < 1.29 is 14.0 Å². The number of hydrogen-bond donors (Lipinski definition) is 2. The third-order valence-corrected chi connectivity index (χ3v) is 4.87. The number of hydrogen-bond acceptors (Lipinski definition) is 3. The van der Waals surface area contributed by atoms with Gasteiger partial charge in [0, 0.05) is 10.7 Å². The first-order valence-electron chi connectivity index (χ1n) is 8.48. The summed E-state index contributed by atoms with van der Waals surface area (Å²) >= 11 is 12.0. The van der Waals surface area contributed by atoms with Gasteiger partial charge in [-0.05, 0) is 55.8 Å². The zero-order valence-corrected chi connectivity index (χ0v) is 15.9. The molecule has 2 amide bonds. The molecule has 0 bridgehead atoms. The zero-order valence-electron chi connectivity index (χ0n) is 14.3. The van der Waals surface area contributed by atoms with E-state index < -0.39 is 11.9 Å². The van der Waals surface area contributed by atoms with Gasteiger partial charge in [-0.2, -0.15) is 0 Å². The van der Waals surface area contributed by atoms with Crippen molar-refractivity contribution in [3.8, 4) is 0 Å². The van der Waals surface area contributed by atoms with Crippen molar-refractivity contribution in [1.82, 2.24) is 4.90 Å². The molecule has 2 N–H and O–H groups in total. The molecule has 3 rings (SSSR count). The number of halogens is 3. The van der Waals surface area contributed by atoms with Crippen LogP contribution in [0.25, 0.3) is 0 Å². The molecular weight excluding hydrogens is 392 g/mol. The Bertz CT molecular complexity index is 863. The highest BCUT2D eigenvalue weighted by atomic mass is 35.5. The summed E-state index contributed by atoms with van der Waals surface area (Å²) in [6.45, 7) is 0.663. The van der Waals surface area contributed by atoms with Gasteiger partial charge in [0.25, 0.3) is 0 Å². The second-order valence-electron chi connectivity index (χ2n) is 6.30. The molecule has 27 heavy (non-hydrogen) atoms. The highest BCUT2D eigenvalue weighted by Crippen LogP contribution is 2.27. The standard InChI is InChI=1S/C19H18Cl2FN3O2/c20-12-6-7-15(21)16(9-12)24-19(27)17-5-2-8-25(17)11-18(26)23-14-4-1-3-13(22)10-14/h1,3-4,6-7,9-10,17H,2,5,8,11H2,(H,23,26)(H,24,27)/t17-/m1/s1. The van der Waals surface area contributed by atoms with Crippen molar-refractivity contribution in [2.24, 2.45) is 0 Å². The molecule has 1 atom stereocenters. The fourth-order valence-electron chi connectivity index (χ4n) is 3.07. The van der Waals surface area contributed by atoms with E-state index in [2.05, 4.69) is 10.6 Å². The van der Waals surface area contributed by atoms with E-state index in [4.69, 9.17) is 23.2 Å². The Morgan fingerprint density at radius 2 is 1.96 bits per heavy atom. The largest absolute Gasteiger partial charge is 0.325 e. The van der Waals surface area contributed by atoms with Gasteiger partial charge in [0.15, 0.2) is 0 Å². The minimum absolute atomic E-state index is 0.0396.